The maximum Gasteiger partial charge on any atom is 0.340 e. The molecular weight excluding hydrogens is 304 g/mol. The SMILES string of the molecule is Cc1nn(OC(=O)C(C)(C)C)c2ccc(C#C[Si](C)(C)C)cc12. The molecule has 0 bridgehead atoms. The van der Waals surface area contributed by atoms with Crippen molar-refractivity contribution in [1.82, 2.24) is 9.94 Å². The Hall–Kier alpha value is -2.06. The molecule has 0 saturated heterocycles. The van der Waals surface area contributed by atoms with Gasteiger partial charge in [0.05, 0.1) is 11.1 Å². The second-order valence-corrected chi connectivity index (χ2v) is 12.6. The molecule has 1 aromatic heterocycles. The molecule has 0 aliphatic heterocycles. The molecule has 0 fully saturated rings. The lowest BCUT2D eigenvalue weighted by atomic mass is 9.98. The maximum absolute atomic E-state index is 12.1. The summed E-state index contributed by atoms with van der Waals surface area (Å²) in [5.74, 6) is 2.93. The summed E-state index contributed by atoms with van der Waals surface area (Å²) in [5.41, 5.74) is 5.34. The van der Waals surface area contributed by atoms with Crippen LogP contribution in [0.4, 0.5) is 0 Å². The van der Waals surface area contributed by atoms with Crippen LogP contribution in [-0.2, 0) is 4.79 Å². The van der Waals surface area contributed by atoms with Crippen LogP contribution < -0.4 is 4.84 Å². The molecule has 0 unspecified atom stereocenters. The Morgan fingerprint density at radius 3 is 2.48 bits per heavy atom. The molecule has 0 atom stereocenters. The van der Waals surface area contributed by atoms with Crippen molar-refractivity contribution in [2.75, 3.05) is 0 Å². The van der Waals surface area contributed by atoms with E-state index in [9.17, 15) is 4.79 Å². The molecule has 0 aliphatic rings. The third-order valence-corrected chi connectivity index (χ3v) is 4.07. The Morgan fingerprint density at radius 1 is 1.26 bits per heavy atom. The second kappa shape index (κ2) is 5.86. The number of aryl methyl sites for hydroxylation is 1. The number of fused-ring (bicyclic) bond motifs is 1. The molecule has 0 radical (unpaired) electrons. The van der Waals surface area contributed by atoms with Crippen LogP contribution in [0.15, 0.2) is 18.2 Å². The summed E-state index contributed by atoms with van der Waals surface area (Å²) in [5, 5.41) is 5.28. The van der Waals surface area contributed by atoms with E-state index in [1.807, 2.05) is 45.9 Å². The number of aromatic nitrogens is 2. The van der Waals surface area contributed by atoms with Gasteiger partial charge in [0, 0.05) is 10.9 Å². The quantitative estimate of drug-likeness (QED) is 0.594. The van der Waals surface area contributed by atoms with Crippen molar-refractivity contribution in [1.29, 1.82) is 0 Å². The molecule has 2 rings (SSSR count). The molecule has 5 heteroatoms. The Balaban J connectivity index is 2.41. The molecule has 0 amide bonds. The predicted molar refractivity (Wildman–Crippen MR) is 95.7 cm³/mol. The minimum absolute atomic E-state index is 0.315. The van der Waals surface area contributed by atoms with Crippen LogP contribution >= 0.6 is 0 Å². The van der Waals surface area contributed by atoms with E-state index in [1.54, 1.807) is 0 Å². The van der Waals surface area contributed by atoms with Gasteiger partial charge in [-0.05, 0) is 45.9 Å². The molecule has 0 saturated carbocycles. The first-order valence-corrected chi connectivity index (χ1v) is 11.2. The first kappa shape index (κ1) is 17.3. The van der Waals surface area contributed by atoms with Gasteiger partial charge in [-0.25, -0.2) is 4.79 Å². The van der Waals surface area contributed by atoms with Gasteiger partial charge in [-0.3, -0.25) is 0 Å². The highest BCUT2D eigenvalue weighted by Gasteiger charge is 2.25. The molecule has 4 nitrogen and oxygen atoms in total. The van der Waals surface area contributed by atoms with Crippen LogP contribution in [0.2, 0.25) is 19.6 Å². The topological polar surface area (TPSA) is 44.1 Å². The second-order valence-electron chi connectivity index (χ2n) is 7.82. The van der Waals surface area contributed by atoms with Gasteiger partial charge in [0.15, 0.2) is 0 Å². The number of nitrogens with zero attached hydrogens (tertiary/aromatic N) is 2. The van der Waals surface area contributed by atoms with Crippen LogP contribution in [0.3, 0.4) is 0 Å². The van der Waals surface area contributed by atoms with Crippen molar-refractivity contribution in [2.24, 2.45) is 5.41 Å². The van der Waals surface area contributed by atoms with Crippen molar-refractivity contribution in [3.05, 3.63) is 29.5 Å². The normalized spacial score (nSPS) is 12.0. The number of hydrogen-bond acceptors (Lipinski definition) is 3. The third-order valence-electron chi connectivity index (χ3n) is 3.20. The number of rotatable bonds is 1. The van der Waals surface area contributed by atoms with E-state index in [1.165, 1.54) is 4.85 Å². The molecule has 1 aromatic carbocycles. The highest BCUT2D eigenvalue weighted by molar-refractivity contribution is 6.83. The van der Waals surface area contributed by atoms with Gasteiger partial charge in [0.2, 0.25) is 0 Å². The zero-order chi connectivity index (χ0) is 17.4. The van der Waals surface area contributed by atoms with Crippen LogP contribution in [0.1, 0.15) is 32.0 Å². The van der Waals surface area contributed by atoms with Gasteiger partial charge < -0.3 is 4.84 Å². The lowest BCUT2D eigenvalue weighted by molar-refractivity contribution is -0.154. The van der Waals surface area contributed by atoms with Gasteiger partial charge in [-0.15, -0.1) is 10.6 Å². The van der Waals surface area contributed by atoms with E-state index in [2.05, 4.69) is 36.2 Å². The van der Waals surface area contributed by atoms with E-state index in [4.69, 9.17) is 4.84 Å². The summed E-state index contributed by atoms with van der Waals surface area (Å²) in [4.78, 5) is 18.8. The standard InChI is InChI=1S/C18H24N2O2Si/c1-13-15-12-14(10-11-23(5,6)7)8-9-16(15)20(19-13)22-17(21)18(2,3)4/h8-9,12H,1-7H3. The highest BCUT2D eigenvalue weighted by Crippen LogP contribution is 2.20. The average Bonchev–Trinajstić information content (AvgIpc) is 2.71. The molecule has 122 valence electrons. The van der Waals surface area contributed by atoms with Gasteiger partial charge in [-0.2, -0.15) is 0 Å². The van der Waals surface area contributed by atoms with Crippen molar-refractivity contribution in [3.63, 3.8) is 0 Å². The molecule has 0 N–H and O–H groups in total. The van der Waals surface area contributed by atoms with Crippen molar-refractivity contribution >= 4 is 24.9 Å². The number of benzene rings is 1. The van der Waals surface area contributed by atoms with Gasteiger partial charge in [0.1, 0.15) is 13.6 Å². The monoisotopic (exact) mass is 328 g/mol. The first-order chi connectivity index (χ1) is 10.5. The van der Waals surface area contributed by atoms with E-state index in [-0.39, 0.29) is 5.97 Å². The van der Waals surface area contributed by atoms with Crippen LogP contribution in [0.25, 0.3) is 10.9 Å². The minimum Gasteiger partial charge on any atom is -0.318 e. The summed E-state index contributed by atoms with van der Waals surface area (Å²) >= 11 is 0. The van der Waals surface area contributed by atoms with Crippen molar-refractivity contribution < 1.29 is 9.63 Å². The van der Waals surface area contributed by atoms with Crippen molar-refractivity contribution in [3.8, 4) is 11.5 Å². The van der Waals surface area contributed by atoms with E-state index in [0.29, 0.717) is 0 Å². The summed E-state index contributed by atoms with van der Waals surface area (Å²) in [6, 6.07) is 5.85. The lowest BCUT2D eigenvalue weighted by Gasteiger charge is -2.15. The summed E-state index contributed by atoms with van der Waals surface area (Å²) < 4.78 is 0. The Bertz CT molecular complexity index is 812. The number of carbonyl (C=O) groups excluding carboxylic acids is 1. The maximum atomic E-state index is 12.1. The predicted octanol–water partition coefficient (Wildman–Crippen LogP) is 3.57. The Kier molecular flexibility index (Phi) is 4.40. The third kappa shape index (κ3) is 4.23. The molecule has 1 heterocycles. The van der Waals surface area contributed by atoms with E-state index < -0.39 is 13.5 Å². The lowest BCUT2D eigenvalue weighted by Crippen LogP contribution is -2.31. The van der Waals surface area contributed by atoms with Gasteiger partial charge >= 0.3 is 5.97 Å². The Morgan fingerprint density at radius 2 is 1.91 bits per heavy atom. The first-order valence-electron chi connectivity index (χ1n) is 7.73. The summed E-state index contributed by atoms with van der Waals surface area (Å²) in [7, 11) is -1.41. The zero-order valence-corrected chi connectivity index (χ0v) is 15.9. The van der Waals surface area contributed by atoms with Crippen molar-refractivity contribution in [2.45, 2.75) is 47.3 Å². The zero-order valence-electron chi connectivity index (χ0n) is 14.9. The van der Waals surface area contributed by atoms with Gasteiger partial charge in [-0.1, -0.05) is 30.4 Å². The number of hydrogen-bond donors (Lipinski definition) is 0. The van der Waals surface area contributed by atoms with Gasteiger partial charge in [0.25, 0.3) is 0 Å². The molecular formula is C18H24N2O2Si. The van der Waals surface area contributed by atoms with Crippen LogP contribution in [-0.4, -0.2) is 24.0 Å². The minimum atomic E-state index is -1.41. The number of carbonyl (C=O) groups is 1. The summed E-state index contributed by atoms with van der Waals surface area (Å²) in [6.45, 7) is 14.0. The fourth-order valence-corrected chi connectivity index (χ4v) is 2.38. The fourth-order valence-electron chi connectivity index (χ4n) is 1.86. The van der Waals surface area contributed by atoms with Crippen LogP contribution in [0.5, 0.6) is 0 Å². The average molecular weight is 328 g/mol. The molecule has 0 aliphatic carbocycles. The van der Waals surface area contributed by atoms with E-state index in [0.717, 1.165) is 22.2 Å². The molecule has 2 aromatic rings. The van der Waals surface area contributed by atoms with Crippen LogP contribution in [0, 0.1) is 23.8 Å². The largest absolute Gasteiger partial charge is 0.340 e. The smallest absolute Gasteiger partial charge is 0.318 e. The highest BCUT2D eigenvalue weighted by atomic mass is 28.3. The fraction of sp³-hybridized carbons (Fsp3) is 0.444. The summed E-state index contributed by atoms with van der Waals surface area (Å²) in [6.07, 6.45) is 0. The molecule has 0 spiro atoms. The van der Waals surface area contributed by atoms with E-state index >= 15 is 0 Å². The molecule has 23 heavy (non-hydrogen) atoms. The Labute approximate surface area is 138 Å².